The van der Waals surface area contributed by atoms with E-state index in [1.54, 1.807) is 36.2 Å². The molecule has 0 unspecified atom stereocenters. The largest absolute Gasteiger partial charge is 0.465 e. The Morgan fingerprint density at radius 3 is 2.68 bits per heavy atom. The maximum atomic E-state index is 16.5. The van der Waals surface area contributed by atoms with Gasteiger partial charge in [0.2, 0.25) is 0 Å². The molecule has 0 spiro atoms. The van der Waals surface area contributed by atoms with E-state index >= 15 is 4.39 Å². The number of nitrogens with zero attached hydrogens (tertiary/aromatic N) is 7. The Bertz CT molecular complexity index is 1800. The van der Waals surface area contributed by atoms with Crippen LogP contribution in [0, 0.1) is 17.1 Å². The number of likely N-dealkylation sites (N-methyl/N-ethyl adjacent to an activating group) is 1. The number of anilines is 1. The normalized spacial score (nSPS) is 20.3. The number of aromatic nitrogens is 3. The lowest BCUT2D eigenvalue weighted by Gasteiger charge is -2.39. The van der Waals surface area contributed by atoms with Crippen molar-refractivity contribution in [3.05, 3.63) is 53.4 Å². The van der Waals surface area contributed by atoms with Crippen LogP contribution >= 0.6 is 11.6 Å². The highest BCUT2D eigenvalue weighted by atomic mass is 35.5. The van der Waals surface area contributed by atoms with E-state index < -0.39 is 42.9 Å². The van der Waals surface area contributed by atoms with Crippen LogP contribution in [0.4, 0.5) is 23.8 Å². The van der Waals surface area contributed by atoms with Crippen molar-refractivity contribution in [1.82, 2.24) is 24.8 Å². The SMILES string of the molecule is CN1CC(F)(F)C[C@H]1COc1nc(N2CCN(C(=O)O)[C@@H](CC#N)C2)c2cnc(-c3cccc4cccc(Cl)c34)c(F)c2n1. The molecule has 2 aliphatic rings. The van der Waals surface area contributed by atoms with Gasteiger partial charge in [-0.2, -0.15) is 15.2 Å². The Hall–Kier alpha value is -4.41. The first-order valence-electron chi connectivity index (χ1n) is 13.9. The first-order valence-corrected chi connectivity index (χ1v) is 14.3. The summed E-state index contributed by atoms with van der Waals surface area (Å²) in [5.74, 6) is -3.38. The predicted molar refractivity (Wildman–Crippen MR) is 158 cm³/mol. The molecule has 2 atom stereocenters. The number of halogens is 4. The van der Waals surface area contributed by atoms with Gasteiger partial charge in [-0.15, -0.1) is 0 Å². The number of benzene rings is 2. The number of hydrogen-bond acceptors (Lipinski definition) is 8. The molecule has 14 heteroatoms. The molecule has 228 valence electrons. The molecule has 2 aromatic heterocycles. The van der Waals surface area contributed by atoms with E-state index in [2.05, 4.69) is 15.0 Å². The molecule has 4 aromatic rings. The third kappa shape index (κ3) is 5.51. The zero-order valence-electron chi connectivity index (χ0n) is 23.6. The van der Waals surface area contributed by atoms with E-state index in [1.165, 1.54) is 16.0 Å². The molecule has 44 heavy (non-hydrogen) atoms. The van der Waals surface area contributed by atoms with Crippen LogP contribution in [-0.2, 0) is 0 Å². The second-order valence-electron chi connectivity index (χ2n) is 11.0. The molecule has 0 aliphatic carbocycles. The zero-order valence-corrected chi connectivity index (χ0v) is 24.3. The quantitative estimate of drug-likeness (QED) is 0.299. The molecule has 4 heterocycles. The van der Waals surface area contributed by atoms with Gasteiger partial charge in [-0.25, -0.2) is 18.0 Å². The number of likely N-dealkylation sites (tertiary alicyclic amines) is 1. The van der Waals surface area contributed by atoms with Crippen molar-refractivity contribution in [1.29, 1.82) is 5.26 Å². The number of amides is 1. The summed E-state index contributed by atoms with van der Waals surface area (Å²) in [6.07, 6.45) is -0.168. The van der Waals surface area contributed by atoms with Gasteiger partial charge in [-0.3, -0.25) is 9.88 Å². The number of hydrogen-bond donors (Lipinski definition) is 1. The van der Waals surface area contributed by atoms with Crippen LogP contribution in [0.15, 0.2) is 42.6 Å². The number of nitriles is 1. The van der Waals surface area contributed by atoms with Crippen LogP contribution in [0.1, 0.15) is 12.8 Å². The minimum atomic E-state index is -2.86. The number of pyridine rings is 1. The van der Waals surface area contributed by atoms with Crippen molar-refractivity contribution in [3.8, 4) is 23.3 Å². The van der Waals surface area contributed by atoms with Crippen LogP contribution in [0.5, 0.6) is 6.01 Å². The lowest BCUT2D eigenvalue weighted by molar-refractivity contribution is 0.0136. The van der Waals surface area contributed by atoms with E-state index in [1.807, 2.05) is 18.2 Å². The highest BCUT2D eigenvalue weighted by Crippen LogP contribution is 2.38. The molecule has 0 radical (unpaired) electrons. The third-order valence-corrected chi connectivity index (χ3v) is 8.47. The molecule has 2 aliphatic heterocycles. The number of ether oxygens (including phenoxy) is 1. The first-order chi connectivity index (χ1) is 21.1. The second-order valence-corrected chi connectivity index (χ2v) is 11.4. The number of piperazine rings is 1. The monoisotopic (exact) mass is 625 g/mol. The molecule has 10 nitrogen and oxygen atoms in total. The van der Waals surface area contributed by atoms with Gasteiger partial charge < -0.3 is 19.6 Å². The van der Waals surface area contributed by atoms with Crippen LogP contribution in [0.25, 0.3) is 32.9 Å². The maximum Gasteiger partial charge on any atom is 0.407 e. The molecule has 0 saturated carbocycles. The number of carbonyl (C=O) groups is 1. The van der Waals surface area contributed by atoms with Crippen molar-refractivity contribution in [2.45, 2.75) is 30.8 Å². The molecule has 2 saturated heterocycles. The summed E-state index contributed by atoms with van der Waals surface area (Å²) >= 11 is 6.51. The molecular formula is C30H27ClF3N7O3. The van der Waals surface area contributed by atoms with Crippen molar-refractivity contribution in [2.24, 2.45) is 0 Å². The highest BCUT2D eigenvalue weighted by Gasteiger charge is 2.43. The van der Waals surface area contributed by atoms with Gasteiger partial charge in [-0.05, 0) is 18.5 Å². The van der Waals surface area contributed by atoms with E-state index in [-0.39, 0.29) is 61.1 Å². The summed E-state index contributed by atoms with van der Waals surface area (Å²) in [7, 11) is 1.58. The highest BCUT2D eigenvalue weighted by molar-refractivity contribution is 6.36. The Morgan fingerprint density at radius 1 is 1.20 bits per heavy atom. The van der Waals surface area contributed by atoms with Crippen molar-refractivity contribution < 1.29 is 27.8 Å². The zero-order chi connectivity index (χ0) is 31.2. The Labute approximate surface area is 255 Å². The summed E-state index contributed by atoms with van der Waals surface area (Å²) in [6.45, 7) is -0.186. The number of fused-ring (bicyclic) bond motifs is 2. The average Bonchev–Trinajstić information content (AvgIpc) is 3.26. The van der Waals surface area contributed by atoms with Crippen molar-refractivity contribution >= 4 is 45.2 Å². The van der Waals surface area contributed by atoms with Gasteiger partial charge in [0, 0.05) is 54.3 Å². The Morgan fingerprint density at radius 2 is 1.98 bits per heavy atom. The molecular weight excluding hydrogens is 599 g/mol. The van der Waals surface area contributed by atoms with E-state index in [0.29, 0.717) is 16.0 Å². The smallest absolute Gasteiger partial charge is 0.407 e. The van der Waals surface area contributed by atoms with Crippen molar-refractivity contribution in [3.63, 3.8) is 0 Å². The maximum absolute atomic E-state index is 16.5. The van der Waals surface area contributed by atoms with Crippen LogP contribution in [0.2, 0.25) is 5.02 Å². The average molecular weight is 626 g/mol. The van der Waals surface area contributed by atoms with E-state index in [9.17, 15) is 23.9 Å². The Kier molecular flexibility index (Phi) is 7.81. The van der Waals surface area contributed by atoms with Crippen molar-refractivity contribution in [2.75, 3.05) is 44.7 Å². The number of rotatable bonds is 6. The molecule has 2 fully saturated rings. The lowest BCUT2D eigenvalue weighted by Crippen LogP contribution is -2.55. The molecule has 6 rings (SSSR count). The predicted octanol–water partition coefficient (Wildman–Crippen LogP) is 5.44. The summed E-state index contributed by atoms with van der Waals surface area (Å²) in [6, 6.07) is 11.2. The van der Waals surface area contributed by atoms with Crippen LogP contribution in [0.3, 0.4) is 0 Å². The molecule has 1 N–H and O–H groups in total. The van der Waals surface area contributed by atoms with Gasteiger partial charge in [0.15, 0.2) is 5.82 Å². The molecule has 2 aromatic carbocycles. The number of carboxylic acid groups (broad SMARTS) is 1. The topological polar surface area (TPSA) is 119 Å². The van der Waals surface area contributed by atoms with Crippen LogP contribution < -0.4 is 9.64 Å². The molecule has 1 amide bonds. The minimum absolute atomic E-state index is 0.0000203. The van der Waals surface area contributed by atoms with Gasteiger partial charge in [0.1, 0.15) is 23.6 Å². The fraction of sp³-hybridized carbons (Fsp3) is 0.367. The van der Waals surface area contributed by atoms with Gasteiger partial charge in [0.25, 0.3) is 5.92 Å². The Balaban J connectivity index is 1.45. The molecule has 0 bridgehead atoms. The summed E-state index contributed by atoms with van der Waals surface area (Å²) in [5, 5.41) is 21.0. The standard InChI is InChI=1S/C30H27ClF3N7O3/c1-39-16-30(33,34)12-19(39)15-44-28-37-26-21(27(38-28)40-10-11-41(29(42)43)18(14-40)8-9-35)13-36-25(24(26)32)20-6-2-4-17-5-3-7-22(31)23(17)20/h2-7,13,18-19H,8,10-12,14-16H2,1H3,(H,42,43)/t18-,19-/m0/s1. The summed E-state index contributed by atoms with van der Waals surface area (Å²) in [5.41, 5.74) is 0.343. The third-order valence-electron chi connectivity index (χ3n) is 8.15. The lowest BCUT2D eigenvalue weighted by atomic mass is 10.0. The van der Waals surface area contributed by atoms with E-state index in [0.717, 1.165) is 5.39 Å². The number of alkyl halides is 2. The fourth-order valence-electron chi connectivity index (χ4n) is 6.00. The minimum Gasteiger partial charge on any atom is -0.465 e. The second kappa shape index (κ2) is 11.6. The van der Waals surface area contributed by atoms with Gasteiger partial charge >= 0.3 is 12.1 Å². The fourth-order valence-corrected chi connectivity index (χ4v) is 6.29. The van der Waals surface area contributed by atoms with E-state index in [4.69, 9.17) is 16.3 Å². The first kappa shape index (κ1) is 29.7. The van der Waals surface area contributed by atoms with Crippen LogP contribution in [-0.4, -0.2) is 93.8 Å². The summed E-state index contributed by atoms with van der Waals surface area (Å²) < 4.78 is 50.3. The van der Waals surface area contributed by atoms with Gasteiger partial charge in [-0.1, -0.05) is 41.9 Å². The van der Waals surface area contributed by atoms with Gasteiger partial charge in [0.05, 0.1) is 30.5 Å². The summed E-state index contributed by atoms with van der Waals surface area (Å²) in [4.78, 5) is 29.6.